The second-order valence-electron chi connectivity index (χ2n) is 4.82. The van der Waals surface area contributed by atoms with Gasteiger partial charge >= 0.3 is 0 Å². The molecule has 116 valence electrons. The van der Waals surface area contributed by atoms with E-state index in [9.17, 15) is 9.59 Å². The number of nitrogen functional groups attached to an aromatic ring is 1. The van der Waals surface area contributed by atoms with Crippen LogP contribution in [0.5, 0.6) is 0 Å². The van der Waals surface area contributed by atoms with E-state index in [-0.39, 0.29) is 22.9 Å². The SMILES string of the molecule is CC(C)N(C(=O)CSc1nncc(=O)n1N)c1ccccc1. The maximum atomic E-state index is 12.5. The van der Waals surface area contributed by atoms with Gasteiger partial charge in [-0.05, 0) is 26.0 Å². The van der Waals surface area contributed by atoms with Crippen molar-refractivity contribution in [3.63, 3.8) is 0 Å². The van der Waals surface area contributed by atoms with E-state index in [1.54, 1.807) is 4.90 Å². The molecule has 0 aliphatic carbocycles. The van der Waals surface area contributed by atoms with Crippen LogP contribution in [0.2, 0.25) is 0 Å². The molecule has 0 spiro atoms. The number of nitrogens with two attached hydrogens (primary N) is 1. The van der Waals surface area contributed by atoms with Gasteiger partial charge in [-0.25, -0.2) is 0 Å². The molecular formula is C14H17N5O2S. The number of rotatable bonds is 5. The van der Waals surface area contributed by atoms with Crippen molar-refractivity contribution in [3.05, 3.63) is 46.9 Å². The van der Waals surface area contributed by atoms with Gasteiger partial charge in [0.2, 0.25) is 11.1 Å². The number of hydrogen-bond donors (Lipinski definition) is 1. The first-order valence-corrected chi connectivity index (χ1v) is 7.69. The van der Waals surface area contributed by atoms with Gasteiger partial charge in [-0.1, -0.05) is 30.0 Å². The number of thioether (sulfide) groups is 1. The van der Waals surface area contributed by atoms with Gasteiger partial charge in [0.15, 0.2) is 0 Å². The fraction of sp³-hybridized carbons (Fsp3) is 0.286. The molecule has 2 N–H and O–H groups in total. The third-order valence-electron chi connectivity index (χ3n) is 2.90. The van der Waals surface area contributed by atoms with Crippen molar-refractivity contribution in [3.8, 4) is 0 Å². The number of hydrogen-bond acceptors (Lipinski definition) is 6. The number of benzene rings is 1. The number of aromatic nitrogens is 3. The lowest BCUT2D eigenvalue weighted by Gasteiger charge is -2.26. The van der Waals surface area contributed by atoms with Gasteiger partial charge in [-0.3, -0.25) is 9.59 Å². The second-order valence-corrected chi connectivity index (χ2v) is 5.76. The second kappa shape index (κ2) is 7.08. The van der Waals surface area contributed by atoms with Crippen LogP contribution >= 0.6 is 11.8 Å². The van der Waals surface area contributed by atoms with E-state index in [1.165, 1.54) is 0 Å². The lowest BCUT2D eigenvalue weighted by Crippen LogP contribution is -2.38. The van der Waals surface area contributed by atoms with Crippen LogP contribution in [0.1, 0.15) is 13.8 Å². The maximum absolute atomic E-state index is 12.5. The number of para-hydroxylation sites is 1. The molecule has 8 heteroatoms. The molecule has 0 aliphatic heterocycles. The summed E-state index contributed by atoms with van der Waals surface area (Å²) in [5.41, 5.74) is 0.362. The quantitative estimate of drug-likeness (QED) is 0.649. The molecule has 1 heterocycles. The molecule has 2 aromatic rings. The van der Waals surface area contributed by atoms with E-state index in [0.29, 0.717) is 0 Å². The van der Waals surface area contributed by atoms with Crippen molar-refractivity contribution < 1.29 is 4.79 Å². The summed E-state index contributed by atoms with van der Waals surface area (Å²) in [6.07, 6.45) is 1.02. The minimum Gasteiger partial charge on any atom is -0.334 e. The highest BCUT2D eigenvalue weighted by Crippen LogP contribution is 2.19. The Morgan fingerprint density at radius 3 is 2.68 bits per heavy atom. The molecule has 0 bridgehead atoms. The Morgan fingerprint density at radius 1 is 1.36 bits per heavy atom. The molecule has 1 amide bonds. The molecule has 0 atom stereocenters. The smallest absolute Gasteiger partial charge is 0.291 e. The van der Waals surface area contributed by atoms with Crippen LogP contribution in [0.15, 0.2) is 46.5 Å². The van der Waals surface area contributed by atoms with Gasteiger partial charge in [0.25, 0.3) is 5.56 Å². The first kappa shape index (κ1) is 16.0. The van der Waals surface area contributed by atoms with Crippen molar-refractivity contribution in [1.82, 2.24) is 14.9 Å². The zero-order valence-corrected chi connectivity index (χ0v) is 13.2. The van der Waals surface area contributed by atoms with Crippen LogP contribution in [0.4, 0.5) is 5.69 Å². The van der Waals surface area contributed by atoms with Gasteiger partial charge in [0.05, 0.1) is 5.75 Å². The van der Waals surface area contributed by atoms with Crippen LogP contribution in [0, 0.1) is 0 Å². The van der Waals surface area contributed by atoms with Crippen LogP contribution in [-0.2, 0) is 4.79 Å². The largest absolute Gasteiger partial charge is 0.334 e. The fourth-order valence-electron chi connectivity index (χ4n) is 1.95. The molecule has 7 nitrogen and oxygen atoms in total. The maximum Gasteiger partial charge on any atom is 0.291 e. The summed E-state index contributed by atoms with van der Waals surface area (Å²) in [6.45, 7) is 3.88. The molecule has 0 saturated heterocycles. The molecule has 0 aliphatic rings. The van der Waals surface area contributed by atoms with Gasteiger partial charge in [0, 0.05) is 11.7 Å². The summed E-state index contributed by atoms with van der Waals surface area (Å²) in [5.74, 6) is 5.59. The monoisotopic (exact) mass is 319 g/mol. The average Bonchev–Trinajstić information content (AvgIpc) is 2.49. The van der Waals surface area contributed by atoms with Crippen LogP contribution in [0.3, 0.4) is 0 Å². The lowest BCUT2D eigenvalue weighted by atomic mass is 10.2. The molecular weight excluding hydrogens is 302 g/mol. The molecule has 0 unspecified atom stereocenters. The van der Waals surface area contributed by atoms with Crippen molar-refractivity contribution >= 4 is 23.4 Å². The highest BCUT2D eigenvalue weighted by atomic mass is 32.2. The predicted molar refractivity (Wildman–Crippen MR) is 86.2 cm³/mol. The standard InChI is InChI=1S/C14H17N5O2S/c1-10(2)18(11-6-4-3-5-7-11)13(21)9-22-14-17-16-8-12(20)19(14)15/h3-8,10H,9,15H2,1-2H3. The molecule has 0 saturated carbocycles. The normalized spacial score (nSPS) is 10.7. The predicted octanol–water partition coefficient (Wildman–Crippen LogP) is 0.886. The van der Waals surface area contributed by atoms with E-state index in [2.05, 4.69) is 10.2 Å². The van der Waals surface area contributed by atoms with E-state index in [4.69, 9.17) is 5.84 Å². The van der Waals surface area contributed by atoms with Gasteiger partial charge in [-0.15, -0.1) is 5.10 Å². The van der Waals surface area contributed by atoms with Crippen LogP contribution < -0.4 is 16.3 Å². The van der Waals surface area contributed by atoms with Crippen molar-refractivity contribution in [2.24, 2.45) is 0 Å². The third-order valence-corrected chi connectivity index (χ3v) is 3.83. The topological polar surface area (TPSA) is 94.1 Å². The molecule has 0 radical (unpaired) electrons. The summed E-state index contributed by atoms with van der Waals surface area (Å²) < 4.78 is 0.882. The van der Waals surface area contributed by atoms with Crippen molar-refractivity contribution in [2.45, 2.75) is 25.0 Å². The summed E-state index contributed by atoms with van der Waals surface area (Å²) in [7, 11) is 0. The Labute approximate surface area is 132 Å². The van der Waals surface area contributed by atoms with Gasteiger partial charge in [-0.2, -0.15) is 9.77 Å². The number of nitrogens with zero attached hydrogens (tertiary/aromatic N) is 4. The van der Waals surface area contributed by atoms with E-state index in [0.717, 1.165) is 28.3 Å². The molecule has 0 fully saturated rings. The van der Waals surface area contributed by atoms with Gasteiger partial charge < -0.3 is 10.7 Å². The zero-order valence-electron chi connectivity index (χ0n) is 12.3. The highest BCUT2D eigenvalue weighted by Gasteiger charge is 2.19. The summed E-state index contributed by atoms with van der Waals surface area (Å²) in [5, 5.41) is 7.53. The first-order valence-electron chi connectivity index (χ1n) is 6.70. The van der Waals surface area contributed by atoms with E-state index < -0.39 is 5.56 Å². The summed E-state index contributed by atoms with van der Waals surface area (Å²) >= 11 is 1.08. The Kier molecular flexibility index (Phi) is 5.16. The van der Waals surface area contributed by atoms with Crippen LogP contribution in [0.25, 0.3) is 0 Å². The molecule has 2 rings (SSSR count). The minimum absolute atomic E-state index is 0.0115. The van der Waals surface area contributed by atoms with Gasteiger partial charge in [0.1, 0.15) is 6.20 Å². The Hall–Kier alpha value is -2.35. The number of carbonyl (C=O) groups excluding carboxylic acids is 1. The fourth-order valence-corrected chi connectivity index (χ4v) is 2.67. The minimum atomic E-state index is -0.464. The molecule has 1 aromatic heterocycles. The highest BCUT2D eigenvalue weighted by molar-refractivity contribution is 7.99. The first-order chi connectivity index (χ1) is 10.5. The number of amides is 1. The van der Waals surface area contributed by atoms with Crippen LogP contribution in [-0.4, -0.2) is 32.6 Å². The Balaban J connectivity index is 2.13. The molecule has 22 heavy (non-hydrogen) atoms. The lowest BCUT2D eigenvalue weighted by molar-refractivity contribution is -0.116. The van der Waals surface area contributed by atoms with E-state index in [1.807, 2.05) is 44.2 Å². The average molecular weight is 319 g/mol. The summed E-state index contributed by atoms with van der Waals surface area (Å²) in [6, 6.07) is 9.43. The number of anilines is 1. The molecule has 1 aromatic carbocycles. The van der Waals surface area contributed by atoms with E-state index >= 15 is 0 Å². The Morgan fingerprint density at radius 2 is 2.05 bits per heavy atom. The third kappa shape index (κ3) is 3.64. The zero-order chi connectivity index (χ0) is 16.1. The summed E-state index contributed by atoms with van der Waals surface area (Å²) in [4.78, 5) is 25.6. The Bertz CT molecular complexity index is 702. The van der Waals surface area contributed by atoms with Crippen molar-refractivity contribution in [2.75, 3.05) is 16.5 Å². The van der Waals surface area contributed by atoms with Crippen molar-refractivity contribution in [1.29, 1.82) is 0 Å². The number of carbonyl (C=O) groups is 1.